The Labute approximate surface area is 170 Å². The summed E-state index contributed by atoms with van der Waals surface area (Å²) in [7, 11) is 1.71. The fraction of sp³-hybridized carbons (Fsp3) is 0.333. The van der Waals surface area contributed by atoms with E-state index in [1.165, 1.54) is 0 Å². The molecule has 4 N–H and O–H groups in total. The Morgan fingerprint density at radius 3 is 2.81 bits per heavy atom. The molecule has 7 nitrogen and oxygen atoms in total. The highest BCUT2D eigenvalue weighted by Gasteiger charge is 2.03. The molecule has 0 fully saturated rings. The first-order valence-corrected chi connectivity index (χ1v) is 8.12. The Balaban J connectivity index is 0.00000338. The Kier molecular flexibility index (Phi) is 10.4. The molecule has 1 amide bonds. The lowest BCUT2D eigenvalue weighted by molar-refractivity contribution is 0.1000. The van der Waals surface area contributed by atoms with Crippen LogP contribution >= 0.6 is 24.0 Å². The third-order valence-corrected chi connectivity index (χ3v) is 3.48. The number of amides is 1. The highest BCUT2D eigenvalue weighted by Crippen LogP contribution is 2.04. The summed E-state index contributed by atoms with van der Waals surface area (Å²) in [6.07, 6.45) is 2.48. The summed E-state index contributed by atoms with van der Waals surface area (Å²) in [5, 5.41) is 6.41. The molecule has 0 spiro atoms. The van der Waals surface area contributed by atoms with Crippen LogP contribution in [0, 0.1) is 0 Å². The number of nitrogens with two attached hydrogens (primary N) is 1. The molecule has 1 aromatic carbocycles. The van der Waals surface area contributed by atoms with E-state index in [2.05, 4.69) is 15.6 Å². The van der Waals surface area contributed by atoms with Crippen molar-refractivity contribution in [2.24, 2.45) is 10.7 Å². The van der Waals surface area contributed by atoms with Crippen LogP contribution in [-0.4, -0.2) is 32.1 Å². The van der Waals surface area contributed by atoms with Crippen molar-refractivity contribution in [1.82, 2.24) is 10.6 Å². The second-order valence-electron chi connectivity index (χ2n) is 5.40. The predicted octanol–water partition coefficient (Wildman–Crippen LogP) is 2.27. The van der Waals surface area contributed by atoms with Crippen LogP contribution in [0.15, 0.2) is 52.1 Å². The van der Waals surface area contributed by atoms with Crippen molar-refractivity contribution in [3.05, 3.63) is 59.5 Å². The zero-order valence-electron chi connectivity index (χ0n) is 14.7. The van der Waals surface area contributed by atoms with Crippen molar-refractivity contribution in [1.29, 1.82) is 0 Å². The van der Waals surface area contributed by atoms with Crippen molar-refractivity contribution in [3.8, 4) is 0 Å². The van der Waals surface area contributed by atoms with Crippen LogP contribution in [0.2, 0.25) is 0 Å². The molecule has 26 heavy (non-hydrogen) atoms. The van der Waals surface area contributed by atoms with E-state index in [-0.39, 0.29) is 24.0 Å². The number of guanidine groups is 1. The molecule has 2 aromatic rings. The number of ether oxygens (including phenoxy) is 1. The van der Waals surface area contributed by atoms with Gasteiger partial charge in [-0.15, -0.1) is 24.0 Å². The SMILES string of the molecule is CN=C(NCCCOCc1ccco1)NCc1cccc(C(N)=O)c1.I. The Bertz CT molecular complexity index is 690. The first-order valence-electron chi connectivity index (χ1n) is 8.12. The summed E-state index contributed by atoms with van der Waals surface area (Å²) < 4.78 is 10.7. The van der Waals surface area contributed by atoms with Crippen LogP contribution in [-0.2, 0) is 17.9 Å². The van der Waals surface area contributed by atoms with Crippen LogP contribution in [0.25, 0.3) is 0 Å². The predicted molar refractivity (Wildman–Crippen MR) is 112 cm³/mol. The van der Waals surface area contributed by atoms with Crippen molar-refractivity contribution in [3.63, 3.8) is 0 Å². The van der Waals surface area contributed by atoms with Gasteiger partial charge in [-0.2, -0.15) is 0 Å². The Morgan fingerprint density at radius 2 is 2.12 bits per heavy atom. The maximum Gasteiger partial charge on any atom is 0.248 e. The van der Waals surface area contributed by atoms with Crippen molar-refractivity contribution < 1.29 is 13.9 Å². The summed E-state index contributed by atoms with van der Waals surface area (Å²) in [4.78, 5) is 15.4. The molecule has 0 unspecified atom stereocenters. The first-order chi connectivity index (χ1) is 12.2. The molecule has 1 aromatic heterocycles. The second-order valence-corrected chi connectivity index (χ2v) is 5.40. The quantitative estimate of drug-likeness (QED) is 0.225. The number of halogens is 1. The lowest BCUT2D eigenvalue weighted by Crippen LogP contribution is -2.37. The van der Waals surface area contributed by atoms with Gasteiger partial charge in [0, 0.05) is 32.3 Å². The number of benzene rings is 1. The number of rotatable bonds is 9. The third kappa shape index (κ3) is 7.87. The smallest absolute Gasteiger partial charge is 0.248 e. The number of hydrogen-bond donors (Lipinski definition) is 3. The minimum Gasteiger partial charge on any atom is -0.467 e. The standard InChI is InChI=1S/C18H24N4O3.HI/c1-20-18(21-8-4-9-24-13-16-7-3-10-25-16)22-12-14-5-2-6-15(11-14)17(19)23;/h2-3,5-7,10-11H,4,8-9,12-13H2,1H3,(H2,19,23)(H2,20,21,22);1H. The van der Waals surface area contributed by atoms with Crippen LogP contribution < -0.4 is 16.4 Å². The maximum absolute atomic E-state index is 11.2. The topological polar surface area (TPSA) is 102 Å². The van der Waals surface area contributed by atoms with Gasteiger partial charge in [-0.3, -0.25) is 9.79 Å². The van der Waals surface area contributed by atoms with Crippen LogP contribution in [0.1, 0.15) is 28.1 Å². The summed E-state index contributed by atoms with van der Waals surface area (Å²) in [5.41, 5.74) is 6.74. The van der Waals surface area contributed by atoms with Crippen molar-refractivity contribution in [2.75, 3.05) is 20.2 Å². The van der Waals surface area contributed by atoms with Gasteiger partial charge >= 0.3 is 0 Å². The van der Waals surface area contributed by atoms with Gasteiger partial charge in [0.1, 0.15) is 12.4 Å². The van der Waals surface area contributed by atoms with Gasteiger partial charge in [0.05, 0.1) is 6.26 Å². The van der Waals surface area contributed by atoms with Gasteiger partial charge < -0.3 is 25.5 Å². The highest BCUT2D eigenvalue weighted by atomic mass is 127. The molecule has 0 aliphatic carbocycles. The Hall–Kier alpha value is -2.07. The zero-order valence-corrected chi connectivity index (χ0v) is 17.1. The molecule has 2 rings (SSSR count). The molecule has 0 radical (unpaired) electrons. The number of nitrogens with zero attached hydrogens (tertiary/aromatic N) is 1. The first kappa shape index (κ1) is 22.0. The Morgan fingerprint density at radius 1 is 1.27 bits per heavy atom. The molecule has 1 heterocycles. The number of aliphatic imine (C=N–C) groups is 1. The minimum absolute atomic E-state index is 0. The molecule has 0 saturated carbocycles. The van der Waals surface area contributed by atoms with E-state index in [0.717, 1.165) is 24.3 Å². The monoisotopic (exact) mass is 472 g/mol. The number of furan rings is 1. The van der Waals surface area contributed by atoms with Crippen LogP contribution in [0.3, 0.4) is 0 Å². The van der Waals surface area contributed by atoms with E-state index in [0.29, 0.717) is 31.3 Å². The number of primary amides is 1. The van der Waals surface area contributed by atoms with Crippen LogP contribution in [0.4, 0.5) is 0 Å². The van der Waals surface area contributed by atoms with Gasteiger partial charge in [0.15, 0.2) is 5.96 Å². The molecule has 142 valence electrons. The fourth-order valence-corrected chi connectivity index (χ4v) is 2.19. The summed E-state index contributed by atoms with van der Waals surface area (Å²) >= 11 is 0. The van der Waals surface area contributed by atoms with Gasteiger partial charge in [0.25, 0.3) is 0 Å². The molecule has 0 saturated heterocycles. The average molecular weight is 472 g/mol. The molecule has 0 aliphatic heterocycles. The second kappa shape index (κ2) is 12.3. The van der Waals surface area contributed by atoms with Gasteiger partial charge in [-0.05, 0) is 36.2 Å². The third-order valence-electron chi connectivity index (χ3n) is 3.48. The molecular formula is C18H25IN4O3. The van der Waals surface area contributed by atoms with Crippen molar-refractivity contribution in [2.45, 2.75) is 19.6 Å². The molecule has 0 atom stereocenters. The lowest BCUT2D eigenvalue weighted by atomic mass is 10.1. The molecule has 0 bridgehead atoms. The van der Waals surface area contributed by atoms with Gasteiger partial charge in [-0.1, -0.05) is 12.1 Å². The van der Waals surface area contributed by atoms with E-state index < -0.39 is 5.91 Å². The maximum atomic E-state index is 11.2. The number of hydrogen-bond acceptors (Lipinski definition) is 4. The number of carbonyl (C=O) groups excluding carboxylic acids is 1. The van der Waals surface area contributed by atoms with Crippen LogP contribution in [0.5, 0.6) is 0 Å². The fourth-order valence-electron chi connectivity index (χ4n) is 2.19. The lowest BCUT2D eigenvalue weighted by Gasteiger charge is -2.12. The van der Waals surface area contributed by atoms with Gasteiger partial charge in [0.2, 0.25) is 5.91 Å². The summed E-state index contributed by atoms with van der Waals surface area (Å²) in [6, 6.07) is 10.9. The minimum atomic E-state index is -0.432. The zero-order chi connectivity index (χ0) is 17.9. The number of nitrogens with one attached hydrogen (secondary N) is 2. The van der Waals surface area contributed by atoms with E-state index in [1.807, 2.05) is 24.3 Å². The normalized spacial score (nSPS) is 10.9. The van der Waals surface area contributed by atoms with E-state index in [4.69, 9.17) is 14.9 Å². The van der Waals surface area contributed by atoms with Crippen molar-refractivity contribution >= 4 is 35.8 Å². The van der Waals surface area contributed by atoms with E-state index >= 15 is 0 Å². The highest BCUT2D eigenvalue weighted by molar-refractivity contribution is 14.0. The largest absolute Gasteiger partial charge is 0.467 e. The molecular weight excluding hydrogens is 447 g/mol. The average Bonchev–Trinajstić information content (AvgIpc) is 3.14. The number of carbonyl (C=O) groups is 1. The summed E-state index contributed by atoms with van der Waals surface area (Å²) in [6.45, 7) is 2.40. The van der Waals surface area contributed by atoms with E-state index in [1.54, 1.807) is 25.4 Å². The van der Waals surface area contributed by atoms with E-state index in [9.17, 15) is 4.79 Å². The summed E-state index contributed by atoms with van der Waals surface area (Å²) in [5.74, 6) is 1.08. The molecule has 8 heteroatoms. The van der Waals surface area contributed by atoms with Gasteiger partial charge in [-0.25, -0.2) is 0 Å². The molecule has 0 aliphatic rings.